The Kier molecular flexibility index (Phi) is 8.80. The number of hydrogen-bond acceptors (Lipinski definition) is 9. The molecule has 0 atom stereocenters. The van der Waals surface area contributed by atoms with Crippen molar-refractivity contribution in [3.8, 4) is 28.7 Å². The highest BCUT2D eigenvalue weighted by molar-refractivity contribution is 7.89. The number of methoxy groups -OCH3 is 4. The lowest BCUT2D eigenvalue weighted by molar-refractivity contribution is 0.0596. The quantitative estimate of drug-likeness (QED) is 0.268. The number of esters is 1. The van der Waals surface area contributed by atoms with Gasteiger partial charge in [-0.15, -0.1) is 0 Å². The Morgan fingerprint density at radius 1 is 0.975 bits per heavy atom. The number of rotatable bonds is 11. The third-order valence-electron chi connectivity index (χ3n) is 6.16. The van der Waals surface area contributed by atoms with Gasteiger partial charge in [0.05, 0.1) is 33.3 Å². The van der Waals surface area contributed by atoms with Gasteiger partial charge in [-0.25, -0.2) is 22.3 Å². The fourth-order valence-electron chi connectivity index (χ4n) is 4.25. The van der Waals surface area contributed by atoms with Crippen LogP contribution in [-0.4, -0.2) is 56.2 Å². The summed E-state index contributed by atoms with van der Waals surface area (Å²) in [6, 6.07) is 9.63. The smallest absolute Gasteiger partial charge is 0.342 e. The van der Waals surface area contributed by atoms with E-state index in [4.69, 9.17) is 28.4 Å². The maximum absolute atomic E-state index is 13.2. The zero-order valence-electron chi connectivity index (χ0n) is 22.3. The monoisotopic (exact) mass is 573 g/mol. The topological polar surface area (TPSA) is 119 Å². The zero-order valence-corrected chi connectivity index (χ0v) is 23.1. The van der Waals surface area contributed by atoms with E-state index in [1.165, 1.54) is 40.6 Å². The molecule has 0 spiro atoms. The van der Waals surface area contributed by atoms with Crippen molar-refractivity contribution >= 4 is 28.1 Å². The Labute approximate surface area is 231 Å². The van der Waals surface area contributed by atoms with Gasteiger partial charge < -0.3 is 28.4 Å². The van der Waals surface area contributed by atoms with Crippen molar-refractivity contribution in [1.29, 1.82) is 0 Å². The summed E-state index contributed by atoms with van der Waals surface area (Å²) >= 11 is 0. The van der Waals surface area contributed by atoms with Gasteiger partial charge in [-0.1, -0.05) is 18.2 Å². The van der Waals surface area contributed by atoms with Crippen LogP contribution < -0.4 is 28.4 Å². The minimum absolute atomic E-state index is 0.00232. The van der Waals surface area contributed by atoms with Gasteiger partial charge >= 0.3 is 5.97 Å². The molecular weight excluding hydrogens is 545 g/mol. The highest BCUT2D eigenvalue weighted by atomic mass is 32.2. The second-order valence-corrected chi connectivity index (χ2v) is 10.2. The van der Waals surface area contributed by atoms with E-state index in [9.17, 15) is 17.6 Å². The van der Waals surface area contributed by atoms with E-state index in [-0.39, 0.29) is 36.0 Å². The summed E-state index contributed by atoms with van der Waals surface area (Å²) in [5.74, 6) is 0.642. The molecule has 0 aliphatic carbocycles. The van der Waals surface area contributed by atoms with Gasteiger partial charge in [0.2, 0.25) is 22.6 Å². The fraction of sp³-hybridized carbons (Fsp3) is 0.250. The summed E-state index contributed by atoms with van der Waals surface area (Å²) in [7, 11) is 1.75. The second-order valence-electron chi connectivity index (χ2n) is 8.41. The Bertz CT molecular complexity index is 1540. The Hall–Kier alpha value is -4.29. The van der Waals surface area contributed by atoms with Gasteiger partial charge in [0.25, 0.3) is 0 Å². The molecule has 1 heterocycles. The van der Waals surface area contributed by atoms with Crippen molar-refractivity contribution in [2.75, 3.05) is 41.8 Å². The standard InChI is InChI=1S/C28H28FNO9S/c1-34-22-12-6-17(24(26(22)36-3)28(31)37-4)5-11-21-18(15-23-27(25(21)35-2)39-16-38-23)13-14-30-40(32,33)20-9-7-19(29)8-10-20/h5-12,15,30H,13-14,16H2,1-4H3/b11-5+. The third kappa shape index (κ3) is 5.82. The van der Waals surface area contributed by atoms with Crippen molar-refractivity contribution in [3.05, 3.63) is 70.5 Å². The van der Waals surface area contributed by atoms with Crippen molar-refractivity contribution in [2.24, 2.45) is 0 Å². The molecule has 1 aliphatic heterocycles. The number of benzene rings is 3. The molecule has 0 saturated heterocycles. The first-order valence-electron chi connectivity index (χ1n) is 12.0. The van der Waals surface area contributed by atoms with Gasteiger partial charge in [0.1, 0.15) is 11.4 Å². The van der Waals surface area contributed by atoms with E-state index in [2.05, 4.69) is 4.72 Å². The summed E-state index contributed by atoms with van der Waals surface area (Å²) in [4.78, 5) is 12.6. The fourth-order valence-corrected chi connectivity index (χ4v) is 5.29. The predicted octanol–water partition coefficient (Wildman–Crippen LogP) is 4.06. The molecule has 3 aromatic rings. The minimum atomic E-state index is -3.87. The molecule has 0 bridgehead atoms. The minimum Gasteiger partial charge on any atom is -0.493 e. The van der Waals surface area contributed by atoms with Crippen molar-refractivity contribution in [1.82, 2.24) is 4.72 Å². The first-order valence-corrected chi connectivity index (χ1v) is 13.5. The van der Waals surface area contributed by atoms with Crippen LogP contribution in [-0.2, 0) is 21.2 Å². The van der Waals surface area contributed by atoms with Gasteiger partial charge in [-0.3, -0.25) is 0 Å². The van der Waals surface area contributed by atoms with Gasteiger partial charge in [0.15, 0.2) is 23.0 Å². The summed E-state index contributed by atoms with van der Waals surface area (Å²) in [5, 5.41) is 0. The van der Waals surface area contributed by atoms with Gasteiger partial charge in [-0.05, 0) is 53.9 Å². The molecular formula is C28H28FNO9S. The molecule has 1 N–H and O–H groups in total. The number of hydrogen-bond donors (Lipinski definition) is 1. The highest BCUT2D eigenvalue weighted by Crippen LogP contribution is 2.46. The van der Waals surface area contributed by atoms with Crippen LogP contribution in [0.4, 0.5) is 4.39 Å². The number of fused-ring (bicyclic) bond motifs is 1. The molecule has 0 aromatic heterocycles. The molecule has 0 unspecified atom stereocenters. The molecule has 40 heavy (non-hydrogen) atoms. The van der Waals surface area contributed by atoms with E-state index in [1.54, 1.807) is 30.4 Å². The lowest BCUT2D eigenvalue weighted by Gasteiger charge is -2.16. The van der Waals surface area contributed by atoms with E-state index >= 15 is 0 Å². The van der Waals surface area contributed by atoms with E-state index in [0.717, 1.165) is 12.1 Å². The lowest BCUT2D eigenvalue weighted by atomic mass is 9.99. The molecule has 0 fully saturated rings. The van der Waals surface area contributed by atoms with Crippen LogP contribution in [0.3, 0.4) is 0 Å². The van der Waals surface area contributed by atoms with E-state index < -0.39 is 21.8 Å². The third-order valence-corrected chi connectivity index (χ3v) is 7.63. The molecule has 10 nitrogen and oxygen atoms in total. The number of carbonyl (C=O) groups excluding carboxylic acids is 1. The molecule has 212 valence electrons. The van der Waals surface area contributed by atoms with Gasteiger partial charge in [0, 0.05) is 12.1 Å². The van der Waals surface area contributed by atoms with Crippen molar-refractivity contribution in [2.45, 2.75) is 11.3 Å². The molecule has 4 rings (SSSR count). The van der Waals surface area contributed by atoms with Gasteiger partial charge in [-0.2, -0.15) is 0 Å². The number of carbonyl (C=O) groups is 1. The zero-order chi connectivity index (χ0) is 28.9. The van der Waals surface area contributed by atoms with Crippen LogP contribution in [0, 0.1) is 5.82 Å². The Morgan fingerprint density at radius 3 is 2.35 bits per heavy atom. The predicted molar refractivity (Wildman–Crippen MR) is 144 cm³/mol. The summed E-state index contributed by atoms with van der Waals surface area (Å²) in [6.07, 6.45) is 3.64. The second kappa shape index (κ2) is 12.3. The summed E-state index contributed by atoms with van der Waals surface area (Å²) in [5.41, 5.74) is 1.90. The maximum atomic E-state index is 13.2. The van der Waals surface area contributed by atoms with Crippen LogP contribution in [0.2, 0.25) is 0 Å². The SMILES string of the molecule is COC(=O)c1c(/C=C/c2c(CCNS(=O)(=O)c3ccc(F)cc3)cc3c(c2OC)OCO3)ccc(OC)c1OC. The maximum Gasteiger partial charge on any atom is 0.342 e. The van der Waals surface area contributed by atoms with Crippen molar-refractivity contribution in [3.63, 3.8) is 0 Å². The average molecular weight is 574 g/mol. The number of ether oxygens (including phenoxy) is 6. The molecule has 0 saturated carbocycles. The highest BCUT2D eigenvalue weighted by Gasteiger charge is 2.26. The number of sulfonamides is 1. The van der Waals surface area contributed by atoms with Crippen LogP contribution in [0.15, 0.2) is 47.4 Å². The van der Waals surface area contributed by atoms with E-state index in [0.29, 0.717) is 39.7 Å². The molecule has 3 aromatic carbocycles. The average Bonchev–Trinajstić information content (AvgIpc) is 3.43. The molecule has 0 radical (unpaired) electrons. The number of nitrogens with one attached hydrogen (secondary N) is 1. The largest absolute Gasteiger partial charge is 0.493 e. The molecule has 0 amide bonds. The Balaban J connectivity index is 1.71. The number of halogens is 1. The first kappa shape index (κ1) is 28.7. The van der Waals surface area contributed by atoms with Crippen LogP contribution >= 0.6 is 0 Å². The lowest BCUT2D eigenvalue weighted by Crippen LogP contribution is -2.26. The Morgan fingerprint density at radius 2 is 1.70 bits per heavy atom. The van der Waals surface area contributed by atoms with E-state index in [1.807, 2.05) is 0 Å². The summed E-state index contributed by atoms with van der Waals surface area (Å²) in [6.45, 7) is 0.0186. The summed E-state index contributed by atoms with van der Waals surface area (Å²) < 4.78 is 73.7. The molecule has 12 heteroatoms. The normalized spacial score (nSPS) is 12.4. The molecule has 1 aliphatic rings. The first-order chi connectivity index (χ1) is 19.2. The van der Waals surface area contributed by atoms with Crippen molar-refractivity contribution < 1.29 is 46.0 Å². The van der Waals surface area contributed by atoms with Crippen LogP contribution in [0.1, 0.15) is 27.0 Å². The van der Waals surface area contributed by atoms with Crippen LogP contribution in [0.25, 0.3) is 12.2 Å². The van der Waals surface area contributed by atoms with Crippen LogP contribution in [0.5, 0.6) is 28.7 Å².